The molecule has 0 saturated carbocycles. The highest BCUT2D eigenvalue weighted by Crippen LogP contribution is 2.20. The Morgan fingerprint density at radius 1 is 1.21 bits per heavy atom. The van der Waals surface area contributed by atoms with Crippen LogP contribution in [-0.2, 0) is 11.3 Å². The number of carbonyl (C=O) groups excluding carboxylic acids is 1. The maximum absolute atomic E-state index is 12.2. The van der Waals surface area contributed by atoms with Crippen molar-refractivity contribution in [2.24, 2.45) is 5.73 Å². The third kappa shape index (κ3) is 6.66. The van der Waals surface area contributed by atoms with Crippen LogP contribution in [0, 0.1) is 0 Å². The quantitative estimate of drug-likeness (QED) is 0.773. The predicted octanol–water partition coefficient (Wildman–Crippen LogP) is 1.51. The molecule has 7 heteroatoms. The number of benzene rings is 1. The van der Waals surface area contributed by atoms with E-state index < -0.39 is 18.5 Å². The number of nitrogens with zero attached hydrogens (tertiary/aromatic N) is 1. The Kier molecular flexibility index (Phi) is 5.17. The average molecular weight is 275 g/mol. The van der Waals surface area contributed by atoms with Crippen molar-refractivity contribution in [3.63, 3.8) is 0 Å². The molecule has 0 aliphatic carbocycles. The van der Waals surface area contributed by atoms with E-state index in [0.717, 1.165) is 5.56 Å². The van der Waals surface area contributed by atoms with Gasteiger partial charge in [0.25, 0.3) is 0 Å². The third-order valence-corrected chi connectivity index (χ3v) is 2.48. The molecule has 4 nitrogen and oxygen atoms in total. The Hall–Kier alpha value is -1.76. The number of primary amides is 1. The molecule has 0 heterocycles. The number of carbonyl (C=O) groups is 1. The summed E-state index contributed by atoms with van der Waals surface area (Å²) in [5.41, 5.74) is 11.9. The maximum Gasteiger partial charge on any atom is 0.390 e. The zero-order chi connectivity index (χ0) is 14.5. The molecule has 0 aliphatic rings. The first kappa shape index (κ1) is 15.3. The molecule has 1 rings (SSSR count). The summed E-state index contributed by atoms with van der Waals surface area (Å²) in [5, 5.41) is 0. The zero-order valence-electron chi connectivity index (χ0n) is 10.3. The van der Waals surface area contributed by atoms with Gasteiger partial charge < -0.3 is 11.5 Å². The van der Waals surface area contributed by atoms with E-state index in [-0.39, 0.29) is 19.6 Å². The highest BCUT2D eigenvalue weighted by atomic mass is 19.4. The first-order valence-electron chi connectivity index (χ1n) is 5.68. The second-order valence-corrected chi connectivity index (χ2v) is 4.28. The van der Waals surface area contributed by atoms with Crippen LogP contribution in [0.2, 0.25) is 0 Å². The minimum Gasteiger partial charge on any atom is -0.399 e. The predicted molar refractivity (Wildman–Crippen MR) is 66.0 cm³/mol. The SMILES string of the molecule is NC(=O)CN(CCC(F)(F)F)Cc1ccc(N)cc1. The molecule has 4 N–H and O–H groups in total. The Labute approximate surface area is 109 Å². The van der Waals surface area contributed by atoms with Gasteiger partial charge in [0, 0.05) is 18.8 Å². The number of hydrogen-bond donors (Lipinski definition) is 2. The summed E-state index contributed by atoms with van der Waals surface area (Å²) in [4.78, 5) is 12.2. The molecule has 1 amide bonds. The summed E-state index contributed by atoms with van der Waals surface area (Å²) < 4.78 is 36.6. The molecule has 0 bridgehead atoms. The van der Waals surface area contributed by atoms with Gasteiger partial charge in [0.05, 0.1) is 13.0 Å². The first-order valence-corrected chi connectivity index (χ1v) is 5.68. The van der Waals surface area contributed by atoms with E-state index in [1.54, 1.807) is 24.3 Å². The van der Waals surface area contributed by atoms with Crippen LogP contribution >= 0.6 is 0 Å². The lowest BCUT2D eigenvalue weighted by atomic mass is 10.2. The van der Waals surface area contributed by atoms with E-state index in [9.17, 15) is 18.0 Å². The molecule has 0 fully saturated rings. The van der Waals surface area contributed by atoms with Gasteiger partial charge in [-0.1, -0.05) is 12.1 Å². The van der Waals surface area contributed by atoms with Crippen molar-refractivity contribution in [2.75, 3.05) is 18.8 Å². The average Bonchev–Trinajstić information content (AvgIpc) is 2.27. The number of rotatable bonds is 6. The van der Waals surface area contributed by atoms with E-state index in [4.69, 9.17) is 11.5 Å². The standard InChI is InChI=1S/C12H16F3N3O/c13-12(14,15)5-6-18(8-11(17)19)7-9-1-3-10(16)4-2-9/h1-4H,5-8,16H2,(H2,17,19). The van der Waals surface area contributed by atoms with Gasteiger partial charge in [-0.05, 0) is 17.7 Å². The van der Waals surface area contributed by atoms with Crippen molar-refractivity contribution in [2.45, 2.75) is 19.1 Å². The fourth-order valence-corrected chi connectivity index (χ4v) is 1.60. The van der Waals surface area contributed by atoms with Crippen molar-refractivity contribution in [1.29, 1.82) is 0 Å². The molecule has 1 aromatic carbocycles. The zero-order valence-corrected chi connectivity index (χ0v) is 10.3. The lowest BCUT2D eigenvalue weighted by Crippen LogP contribution is -2.35. The van der Waals surface area contributed by atoms with Crippen molar-refractivity contribution in [1.82, 2.24) is 4.90 Å². The van der Waals surface area contributed by atoms with Gasteiger partial charge in [0.15, 0.2) is 0 Å². The van der Waals surface area contributed by atoms with Crippen molar-refractivity contribution in [3.05, 3.63) is 29.8 Å². The lowest BCUT2D eigenvalue weighted by molar-refractivity contribution is -0.140. The molecule has 1 aromatic rings. The van der Waals surface area contributed by atoms with Gasteiger partial charge >= 0.3 is 6.18 Å². The highest BCUT2D eigenvalue weighted by Gasteiger charge is 2.28. The Balaban J connectivity index is 2.63. The molecule has 0 spiro atoms. The van der Waals surface area contributed by atoms with Crippen LogP contribution in [0.25, 0.3) is 0 Å². The summed E-state index contributed by atoms with van der Waals surface area (Å²) in [6.45, 7) is -0.253. The maximum atomic E-state index is 12.2. The first-order chi connectivity index (χ1) is 8.76. The minimum absolute atomic E-state index is 0.208. The Bertz CT molecular complexity index is 417. The molecule has 0 aliphatic heterocycles. The van der Waals surface area contributed by atoms with Gasteiger partial charge in [-0.2, -0.15) is 13.2 Å². The molecular weight excluding hydrogens is 259 g/mol. The van der Waals surface area contributed by atoms with Gasteiger partial charge in [0.1, 0.15) is 0 Å². The van der Waals surface area contributed by atoms with Gasteiger partial charge in [-0.3, -0.25) is 9.69 Å². The lowest BCUT2D eigenvalue weighted by Gasteiger charge is -2.21. The van der Waals surface area contributed by atoms with Crippen molar-refractivity contribution >= 4 is 11.6 Å². The van der Waals surface area contributed by atoms with E-state index in [1.807, 2.05) is 0 Å². The molecule has 19 heavy (non-hydrogen) atoms. The van der Waals surface area contributed by atoms with Crippen LogP contribution in [0.4, 0.5) is 18.9 Å². The second kappa shape index (κ2) is 6.42. The summed E-state index contributed by atoms with van der Waals surface area (Å²) in [6, 6.07) is 6.72. The van der Waals surface area contributed by atoms with Crippen LogP contribution in [0.15, 0.2) is 24.3 Å². The summed E-state index contributed by atoms with van der Waals surface area (Å²) in [7, 11) is 0. The van der Waals surface area contributed by atoms with E-state index in [2.05, 4.69) is 0 Å². The molecule has 0 unspecified atom stereocenters. The summed E-state index contributed by atoms with van der Waals surface area (Å²) >= 11 is 0. The van der Waals surface area contributed by atoms with Crippen molar-refractivity contribution < 1.29 is 18.0 Å². The normalized spacial score (nSPS) is 11.8. The van der Waals surface area contributed by atoms with E-state index >= 15 is 0 Å². The van der Waals surface area contributed by atoms with Crippen molar-refractivity contribution in [3.8, 4) is 0 Å². The molecule has 106 valence electrons. The van der Waals surface area contributed by atoms with Gasteiger partial charge in [0.2, 0.25) is 5.91 Å². The molecule has 0 radical (unpaired) electrons. The van der Waals surface area contributed by atoms with Crippen LogP contribution in [0.1, 0.15) is 12.0 Å². The van der Waals surface area contributed by atoms with Gasteiger partial charge in [-0.25, -0.2) is 0 Å². The fourth-order valence-electron chi connectivity index (χ4n) is 1.60. The number of amides is 1. The van der Waals surface area contributed by atoms with Crippen LogP contribution < -0.4 is 11.5 Å². The molecule has 0 saturated heterocycles. The Morgan fingerprint density at radius 2 is 1.79 bits per heavy atom. The largest absolute Gasteiger partial charge is 0.399 e. The number of nitrogens with two attached hydrogens (primary N) is 2. The smallest absolute Gasteiger partial charge is 0.390 e. The topological polar surface area (TPSA) is 72.4 Å². The molecular formula is C12H16F3N3O. The molecule has 0 atom stereocenters. The minimum atomic E-state index is -4.25. The molecule has 0 aromatic heterocycles. The number of anilines is 1. The number of alkyl halides is 3. The van der Waals surface area contributed by atoms with Crippen LogP contribution in [0.5, 0.6) is 0 Å². The highest BCUT2D eigenvalue weighted by molar-refractivity contribution is 5.75. The number of nitrogen functional groups attached to an aromatic ring is 1. The monoisotopic (exact) mass is 275 g/mol. The van der Waals surface area contributed by atoms with Crippen LogP contribution in [-0.4, -0.2) is 30.1 Å². The number of halogens is 3. The third-order valence-electron chi connectivity index (χ3n) is 2.48. The fraction of sp³-hybridized carbons (Fsp3) is 0.417. The Morgan fingerprint density at radius 3 is 2.26 bits per heavy atom. The summed E-state index contributed by atoms with van der Waals surface area (Å²) in [5.74, 6) is -0.655. The summed E-state index contributed by atoms with van der Waals surface area (Å²) in [6.07, 6.45) is -5.23. The van der Waals surface area contributed by atoms with E-state index in [1.165, 1.54) is 4.90 Å². The second-order valence-electron chi connectivity index (χ2n) is 4.28. The number of hydrogen-bond acceptors (Lipinski definition) is 3. The van der Waals surface area contributed by atoms with E-state index in [0.29, 0.717) is 5.69 Å². The van der Waals surface area contributed by atoms with Crippen LogP contribution in [0.3, 0.4) is 0 Å². The van der Waals surface area contributed by atoms with Gasteiger partial charge in [-0.15, -0.1) is 0 Å².